The Morgan fingerprint density at radius 3 is 2.54 bits per heavy atom. The van der Waals surface area contributed by atoms with Crippen LogP contribution in [0.15, 0.2) is 47.4 Å². The van der Waals surface area contributed by atoms with Gasteiger partial charge in [0.05, 0.1) is 12.0 Å². The summed E-state index contributed by atoms with van der Waals surface area (Å²) in [4.78, 5) is 0.397. The number of sulfonamides is 1. The molecule has 0 saturated carbocycles. The lowest BCUT2D eigenvalue weighted by Crippen LogP contribution is -2.51. The third-order valence-corrected chi connectivity index (χ3v) is 7.86. The molecule has 0 radical (unpaired) electrons. The fraction of sp³-hybridized carbons (Fsp3) is 0.429. The maximum atomic E-state index is 13.3. The fourth-order valence-corrected chi connectivity index (χ4v) is 6.18. The van der Waals surface area contributed by atoms with Gasteiger partial charge in [0.2, 0.25) is 10.0 Å². The zero-order valence-corrected chi connectivity index (χ0v) is 16.3. The average molecular weight is 372 g/mol. The van der Waals surface area contributed by atoms with E-state index in [0.717, 1.165) is 24.2 Å². The van der Waals surface area contributed by atoms with Crippen LogP contribution < -0.4 is 4.74 Å². The van der Waals surface area contributed by atoms with Gasteiger partial charge >= 0.3 is 0 Å². The Labute approximate surface area is 155 Å². The second kappa shape index (κ2) is 6.39. The topological polar surface area (TPSA) is 46.6 Å². The van der Waals surface area contributed by atoms with E-state index >= 15 is 0 Å². The molecule has 26 heavy (non-hydrogen) atoms. The molecule has 1 aliphatic heterocycles. The molecule has 0 amide bonds. The van der Waals surface area contributed by atoms with Crippen molar-refractivity contribution in [3.8, 4) is 5.75 Å². The molecule has 0 aromatic heterocycles. The van der Waals surface area contributed by atoms with Gasteiger partial charge in [-0.25, -0.2) is 8.42 Å². The van der Waals surface area contributed by atoms with Crippen molar-refractivity contribution < 1.29 is 13.2 Å². The molecule has 1 aliphatic carbocycles. The van der Waals surface area contributed by atoms with Gasteiger partial charge in [-0.1, -0.05) is 30.7 Å². The maximum Gasteiger partial charge on any atom is 0.243 e. The van der Waals surface area contributed by atoms with Crippen LogP contribution >= 0.6 is 0 Å². The summed E-state index contributed by atoms with van der Waals surface area (Å²) < 4.78 is 33.7. The molecule has 3 atom stereocenters. The van der Waals surface area contributed by atoms with Crippen LogP contribution in [-0.2, 0) is 16.4 Å². The first kappa shape index (κ1) is 17.6. The summed E-state index contributed by atoms with van der Waals surface area (Å²) in [6.07, 6.45) is 1.65. The minimum absolute atomic E-state index is 0.0309. The van der Waals surface area contributed by atoms with Crippen molar-refractivity contribution in [1.29, 1.82) is 0 Å². The number of fused-ring (bicyclic) bond motifs is 4. The Morgan fingerprint density at radius 1 is 1.12 bits per heavy atom. The number of rotatable bonds is 3. The van der Waals surface area contributed by atoms with Crippen molar-refractivity contribution in [3.63, 3.8) is 0 Å². The highest BCUT2D eigenvalue weighted by molar-refractivity contribution is 7.89. The van der Waals surface area contributed by atoms with E-state index in [0.29, 0.717) is 17.4 Å². The quantitative estimate of drug-likeness (QED) is 0.826. The van der Waals surface area contributed by atoms with Gasteiger partial charge < -0.3 is 4.74 Å². The highest BCUT2D eigenvalue weighted by Gasteiger charge is 2.44. The van der Waals surface area contributed by atoms with Gasteiger partial charge in [0.1, 0.15) is 5.75 Å². The number of methoxy groups -OCH3 is 1. The molecule has 2 aromatic rings. The van der Waals surface area contributed by atoms with E-state index < -0.39 is 10.0 Å². The molecular weight excluding hydrogens is 346 g/mol. The van der Waals surface area contributed by atoms with Crippen LogP contribution in [0.4, 0.5) is 0 Å². The van der Waals surface area contributed by atoms with Gasteiger partial charge in [-0.05, 0) is 67.0 Å². The molecular formula is C21H25NO3S. The Kier molecular flexibility index (Phi) is 4.32. The van der Waals surface area contributed by atoms with Gasteiger partial charge in [-0.3, -0.25) is 0 Å². The number of piperidine rings is 1. The Hall–Kier alpha value is -1.85. The molecule has 1 saturated heterocycles. The predicted octanol–water partition coefficient (Wildman–Crippen LogP) is 3.74. The molecule has 138 valence electrons. The average Bonchev–Trinajstić information content (AvgIpc) is 2.64. The Morgan fingerprint density at radius 2 is 1.85 bits per heavy atom. The van der Waals surface area contributed by atoms with Gasteiger partial charge in [-0.2, -0.15) is 4.31 Å². The molecule has 1 heterocycles. The summed E-state index contributed by atoms with van der Waals surface area (Å²) in [5, 5.41) is 0. The van der Waals surface area contributed by atoms with E-state index in [1.54, 1.807) is 23.5 Å². The normalized spacial score (nSPS) is 25.6. The van der Waals surface area contributed by atoms with Crippen LogP contribution in [-0.4, -0.2) is 32.4 Å². The van der Waals surface area contributed by atoms with Crippen LogP contribution in [0.5, 0.6) is 5.75 Å². The van der Waals surface area contributed by atoms with Crippen molar-refractivity contribution in [2.24, 2.45) is 5.92 Å². The first-order valence-electron chi connectivity index (χ1n) is 9.15. The summed E-state index contributed by atoms with van der Waals surface area (Å²) >= 11 is 0. The Bertz CT molecular complexity index is 921. The van der Waals surface area contributed by atoms with Crippen LogP contribution in [0.2, 0.25) is 0 Å². The third-order valence-electron chi connectivity index (χ3n) is 5.92. The highest BCUT2D eigenvalue weighted by atomic mass is 32.2. The summed E-state index contributed by atoms with van der Waals surface area (Å²) in [7, 11) is -1.78. The monoisotopic (exact) mass is 371 g/mol. The number of benzene rings is 2. The van der Waals surface area contributed by atoms with E-state index in [9.17, 15) is 8.42 Å². The molecule has 5 heteroatoms. The molecule has 2 bridgehead atoms. The van der Waals surface area contributed by atoms with Crippen molar-refractivity contribution in [2.45, 2.75) is 43.5 Å². The summed E-state index contributed by atoms with van der Waals surface area (Å²) in [5.74, 6) is 1.55. The van der Waals surface area contributed by atoms with E-state index in [1.165, 1.54) is 11.1 Å². The smallest absolute Gasteiger partial charge is 0.243 e. The largest absolute Gasteiger partial charge is 0.497 e. The predicted molar refractivity (Wildman–Crippen MR) is 102 cm³/mol. The third kappa shape index (κ3) is 2.83. The van der Waals surface area contributed by atoms with E-state index in [-0.39, 0.29) is 12.0 Å². The van der Waals surface area contributed by atoms with Gasteiger partial charge in [0.15, 0.2) is 0 Å². The van der Waals surface area contributed by atoms with E-state index in [4.69, 9.17) is 4.74 Å². The van der Waals surface area contributed by atoms with Gasteiger partial charge in [-0.15, -0.1) is 0 Å². The van der Waals surface area contributed by atoms with Crippen LogP contribution in [0.25, 0.3) is 0 Å². The summed E-state index contributed by atoms with van der Waals surface area (Å²) in [6.45, 7) is 4.70. The molecule has 4 rings (SSSR count). The lowest BCUT2D eigenvalue weighted by atomic mass is 9.71. The van der Waals surface area contributed by atoms with E-state index in [1.807, 2.05) is 25.1 Å². The molecule has 2 aliphatic rings. The number of aryl methyl sites for hydroxylation is 1. The van der Waals surface area contributed by atoms with Crippen LogP contribution in [0.3, 0.4) is 0 Å². The second-order valence-electron chi connectivity index (χ2n) is 7.63. The highest BCUT2D eigenvalue weighted by Crippen LogP contribution is 2.45. The molecule has 0 N–H and O–H groups in total. The minimum Gasteiger partial charge on any atom is -0.497 e. The Balaban J connectivity index is 1.70. The molecule has 4 nitrogen and oxygen atoms in total. The number of nitrogens with zero attached hydrogens (tertiary/aromatic N) is 1. The first-order chi connectivity index (χ1) is 12.4. The second-order valence-corrected chi connectivity index (χ2v) is 9.52. The summed E-state index contributed by atoms with van der Waals surface area (Å²) in [6, 6.07) is 13.4. The number of ether oxygens (including phenoxy) is 1. The molecule has 0 unspecified atom stereocenters. The number of hydrogen-bond donors (Lipinski definition) is 0. The van der Waals surface area contributed by atoms with Crippen LogP contribution in [0.1, 0.15) is 36.0 Å². The maximum absolute atomic E-state index is 13.3. The zero-order valence-electron chi connectivity index (χ0n) is 15.5. The summed E-state index contributed by atoms with van der Waals surface area (Å²) in [5.41, 5.74) is 3.65. The van der Waals surface area contributed by atoms with Crippen molar-refractivity contribution in [2.75, 3.05) is 13.7 Å². The van der Waals surface area contributed by atoms with Crippen molar-refractivity contribution in [3.05, 3.63) is 59.2 Å². The fourth-order valence-electron chi connectivity index (χ4n) is 4.45. The SMILES string of the molecule is COc1ccc2c(c1)[C@@H]1C[C@H](C2)N(S(=O)(=O)c2ccc(C)cc2)C[C@H]1C. The standard InChI is InChI=1S/C21H25NO3S/c1-14-4-8-19(9-5-14)26(23,24)22-13-15(2)20-11-17(22)10-16-6-7-18(25-3)12-21(16)20/h4-9,12,15,17,20H,10-11,13H2,1-3H3/t15-,17+,20-/m1/s1. The van der Waals surface area contributed by atoms with Crippen molar-refractivity contribution in [1.82, 2.24) is 4.31 Å². The number of hydrogen-bond acceptors (Lipinski definition) is 3. The molecule has 1 fully saturated rings. The van der Waals surface area contributed by atoms with E-state index in [2.05, 4.69) is 19.1 Å². The molecule has 2 aromatic carbocycles. The lowest BCUT2D eigenvalue weighted by Gasteiger charge is -2.46. The van der Waals surface area contributed by atoms with Crippen molar-refractivity contribution >= 4 is 10.0 Å². The van der Waals surface area contributed by atoms with Crippen LogP contribution in [0, 0.1) is 12.8 Å². The zero-order chi connectivity index (χ0) is 18.5. The minimum atomic E-state index is -3.47. The first-order valence-corrected chi connectivity index (χ1v) is 10.6. The van der Waals surface area contributed by atoms with Gasteiger partial charge in [0.25, 0.3) is 0 Å². The van der Waals surface area contributed by atoms with Gasteiger partial charge in [0, 0.05) is 12.6 Å². The molecule has 0 spiro atoms. The lowest BCUT2D eigenvalue weighted by molar-refractivity contribution is 0.165.